The molecule has 2 aliphatic heterocycles. The lowest BCUT2D eigenvalue weighted by Gasteiger charge is -2.35. The normalized spacial score (nSPS) is 16.7. The fraction of sp³-hybridized carbons (Fsp3) is 0.485. The largest absolute Gasteiger partial charge is 0.508 e. The van der Waals surface area contributed by atoms with Gasteiger partial charge in [0.1, 0.15) is 12.4 Å². The van der Waals surface area contributed by atoms with E-state index in [0.717, 1.165) is 48.6 Å². The third-order valence-corrected chi connectivity index (χ3v) is 8.81. The Labute approximate surface area is 255 Å². The Morgan fingerprint density at radius 3 is 2.41 bits per heavy atom. The Kier molecular flexibility index (Phi) is 9.33. The molecule has 1 amide bonds. The summed E-state index contributed by atoms with van der Waals surface area (Å²) in [7, 11) is 0. The first-order valence-electron chi connectivity index (χ1n) is 15.5. The van der Waals surface area contributed by atoms with Gasteiger partial charge in [0.05, 0.1) is 29.0 Å². The average molecular weight is 606 g/mol. The van der Waals surface area contributed by atoms with Crippen LogP contribution in [0.1, 0.15) is 100 Å². The van der Waals surface area contributed by atoms with Crippen molar-refractivity contribution in [2.75, 3.05) is 0 Å². The van der Waals surface area contributed by atoms with E-state index < -0.39 is 17.5 Å². The first-order valence-corrected chi connectivity index (χ1v) is 15.5. The number of nitrogens with zero attached hydrogens (tertiary/aromatic N) is 2. The molecule has 2 aliphatic rings. The molecule has 0 fully saturated rings. The molecule has 44 heavy (non-hydrogen) atoms. The van der Waals surface area contributed by atoms with Crippen molar-refractivity contribution in [2.45, 2.75) is 103 Å². The number of carbonyl (C=O) groups excluding carboxylic acids is 3. The summed E-state index contributed by atoms with van der Waals surface area (Å²) >= 11 is 0. The van der Waals surface area contributed by atoms with Gasteiger partial charge in [0, 0.05) is 29.4 Å². The van der Waals surface area contributed by atoms with E-state index in [2.05, 4.69) is 0 Å². The minimum atomic E-state index is -1.72. The standard InChI is InChI=1S/C33H39N3O8/c1-3-21-22-16-20(37)14-15-26(22)34-30-23(21)18-36-27(30)17-25-24(31(36)40)19-43-32(41)33(25,4-2)44-29(39)13-11-9-7-5-6-8-10-12-28(38)35-42/h14-17,37,42H,3-13,18-19H2,1-2H3,(H,35,38)/t33-/m0/s1. The lowest BCUT2D eigenvalue weighted by atomic mass is 9.85. The molecule has 5 rings (SSSR count). The smallest absolute Gasteiger partial charge is 0.355 e. The highest BCUT2D eigenvalue weighted by atomic mass is 16.6. The number of amides is 1. The molecule has 0 bridgehead atoms. The van der Waals surface area contributed by atoms with Crippen molar-refractivity contribution < 1.29 is 34.2 Å². The molecule has 3 aromatic rings. The quantitative estimate of drug-likeness (QED) is 0.0833. The van der Waals surface area contributed by atoms with E-state index in [9.17, 15) is 24.3 Å². The molecular weight excluding hydrogens is 566 g/mol. The summed E-state index contributed by atoms with van der Waals surface area (Å²) in [5.74, 6) is -1.45. The van der Waals surface area contributed by atoms with Gasteiger partial charge in [-0.15, -0.1) is 0 Å². The third kappa shape index (κ3) is 5.80. The highest BCUT2D eigenvalue weighted by Gasteiger charge is 2.50. The number of aryl methyl sites for hydroxylation is 1. The van der Waals surface area contributed by atoms with Gasteiger partial charge in [-0.25, -0.2) is 15.3 Å². The molecule has 0 saturated heterocycles. The molecule has 0 spiro atoms. The first-order chi connectivity index (χ1) is 21.2. The SMILES string of the molecule is CCc1c2c(nc3ccc(O)cc13)-c1cc3c(c(=O)n1C2)COC(=O)[C@@]3(CC)OC(=O)CCCCCCCCCC(=O)NO. The zero-order valence-corrected chi connectivity index (χ0v) is 25.2. The summed E-state index contributed by atoms with van der Waals surface area (Å²) in [5.41, 5.74) is 4.05. The van der Waals surface area contributed by atoms with E-state index in [0.29, 0.717) is 60.3 Å². The van der Waals surface area contributed by atoms with Gasteiger partial charge < -0.3 is 19.1 Å². The number of nitrogens with one attached hydrogen (secondary N) is 1. The minimum Gasteiger partial charge on any atom is -0.508 e. The molecule has 0 unspecified atom stereocenters. The number of pyridine rings is 2. The third-order valence-electron chi connectivity index (χ3n) is 8.81. The van der Waals surface area contributed by atoms with E-state index in [1.165, 1.54) is 0 Å². The van der Waals surface area contributed by atoms with Crippen LogP contribution in [-0.2, 0) is 49.0 Å². The number of aromatic hydroxyl groups is 1. The molecule has 1 atom stereocenters. The Hall–Kier alpha value is -4.25. The number of benzene rings is 1. The van der Waals surface area contributed by atoms with Crippen LogP contribution >= 0.6 is 0 Å². The molecule has 0 saturated carbocycles. The lowest BCUT2D eigenvalue weighted by Crippen LogP contribution is -2.47. The fourth-order valence-corrected chi connectivity index (χ4v) is 6.45. The Balaban J connectivity index is 1.34. The number of esters is 2. The van der Waals surface area contributed by atoms with Gasteiger partial charge in [-0.1, -0.05) is 46.0 Å². The van der Waals surface area contributed by atoms with E-state index in [4.69, 9.17) is 19.7 Å². The second-order valence-corrected chi connectivity index (χ2v) is 11.5. The molecule has 4 heterocycles. The average Bonchev–Trinajstić information content (AvgIpc) is 3.38. The number of carbonyl (C=O) groups is 3. The molecule has 234 valence electrons. The summed E-state index contributed by atoms with van der Waals surface area (Å²) in [6.07, 6.45) is 7.08. The van der Waals surface area contributed by atoms with Crippen LogP contribution in [-0.4, -0.2) is 37.7 Å². The molecule has 0 aliphatic carbocycles. The van der Waals surface area contributed by atoms with Gasteiger partial charge >= 0.3 is 11.9 Å². The highest BCUT2D eigenvalue weighted by molar-refractivity contribution is 5.90. The van der Waals surface area contributed by atoms with E-state index in [1.54, 1.807) is 41.2 Å². The van der Waals surface area contributed by atoms with Crippen LogP contribution in [0.15, 0.2) is 29.1 Å². The molecule has 1 aromatic carbocycles. The van der Waals surface area contributed by atoms with Gasteiger partial charge in [-0.3, -0.25) is 19.6 Å². The van der Waals surface area contributed by atoms with Gasteiger partial charge in [-0.2, -0.15) is 0 Å². The van der Waals surface area contributed by atoms with Crippen molar-refractivity contribution in [3.05, 3.63) is 56.9 Å². The van der Waals surface area contributed by atoms with Crippen LogP contribution in [0, 0.1) is 0 Å². The zero-order valence-electron chi connectivity index (χ0n) is 25.2. The number of cyclic esters (lactones) is 1. The monoisotopic (exact) mass is 605 g/mol. The molecule has 11 nitrogen and oxygen atoms in total. The van der Waals surface area contributed by atoms with Gasteiger partial charge in [0.15, 0.2) is 0 Å². The summed E-state index contributed by atoms with van der Waals surface area (Å²) in [6, 6.07) is 6.78. The van der Waals surface area contributed by atoms with Crippen LogP contribution in [0.2, 0.25) is 0 Å². The Morgan fingerprint density at radius 1 is 1.02 bits per heavy atom. The van der Waals surface area contributed by atoms with Crippen molar-refractivity contribution in [3.63, 3.8) is 0 Å². The van der Waals surface area contributed by atoms with Crippen LogP contribution < -0.4 is 11.0 Å². The Bertz CT molecular complexity index is 1660. The maximum Gasteiger partial charge on any atom is 0.355 e. The van der Waals surface area contributed by atoms with Crippen LogP contribution in [0.5, 0.6) is 5.75 Å². The van der Waals surface area contributed by atoms with Crippen molar-refractivity contribution in [1.82, 2.24) is 15.0 Å². The predicted molar refractivity (Wildman–Crippen MR) is 161 cm³/mol. The minimum absolute atomic E-state index is 0.110. The van der Waals surface area contributed by atoms with Gasteiger partial charge in [0.25, 0.3) is 5.56 Å². The van der Waals surface area contributed by atoms with Crippen molar-refractivity contribution in [2.24, 2.45) is 0 Å². The second kappa shape index (κ2) is 13.2. The summed E-state index contributed by atoms with van der Waals surface area (Å²) in [5, 5.41) is 19.5. The second-order valence-electron chi connectivity index (χ2n) is 11.5. The van der Waals surface area contributed by atoms with Gasteiger partial charge in [0.2, 0.25) is 11.5 Å². The Morgan fingerprint density at radius 2 is 1.73 bits per heavy atom. The maximum atomic E-state index is 13.8. The van der Waals surface area contributed by atoms with Gasteiger partial charge in [-0.05, 0) is 55.5 Å². The molecule has 11 heteroatoms. The number of ether oxygens (including phenoxy) is 2. The van der Waals surface area contributed by atoms with Crippen molar-refractivity contribution in [1.29, 1.82) is 0 Å². The zero-order chi connectivity index (χ0) is 31.4. The van der Waals surface area contributed by atoms with Crippen molar-refractivity contribution in [3.8, 4) is 17.1 Å². The lowest BCUT2D eigenvalue weighted by molar-refractivity contribution is -0.189. The molecular formula is C33H39N3O8. The van der Waals surface area contributed by atoms with Crippen LogP contribution in [0.25, 0.3) is 22.3 Å². The number of aromatic nitrogens is 2. The predicted octanol–water partition coefficient (Wildman–Crippen LogP) is 4.91. The topological polar surface area (TPSA) is 157 Å². The number of rotatable bonds is 13. The summed E-state index contributed by atoms with van der Waals surface area (Å²) < 4.78 is 13.0. The number of hydrogen-bond donors (Lipinski definition) is 3. The number of unbranched alkanes of at least 4 members (excludes halogenated alkanes) is 6. The number of hydroxylamine groups is 1. The van der Waals surface area contributed by atoms with E-state index >= 15 is 0 Å². The summed E-state index contributed by atoms with van der Waals surface area (Å²) in [6.45, 7) is 3.87. The van der Waals surface area contributed by atoms with Crippen molar-refractivity contribution >= 4 is 28.7 Å². The maximum absolute atomic E-state index is 13.8. The highest BCUT2D eigenvalue weighted by Crippen LogP contribution is 2.42. The number of hydrogen-bond acceptors (Lipinski definition) is 9. The first kappa shape index (κ1) is 31.2. The van der Waals surface area contributed by atoms with Crippen LogP contribution in [0.4, 0.5) is 0 Å². The summed E-state index contributed by atoms with van der Waals surface area (Å²) in [4.78, 5) is 56.1. The van der Waals surface area contributed by atoms with E-state index in [-0.39, 0.29) is 36.7 Å². The number of fused-ring (bicyclic) bond motifs is 5. The molecule has 3 N–H and O–H groups in total. The molecule has 2 aromatic heterocycles. The number of phenols is 1. The molecule has 0 radical (unpaired) electrons. The van der Waals surface area contributed by atoms with Crippen LogP contribution in [0.3, 0.4) is 0 Å². The number of phenolic OH excluding ortho intramolecular Hbond substituents is 1. The fourth-order valence-electron chi connectivity index (χ4n) is 6.45. The van der Waals surface area contributed by atoms with E-state index in [1.807, 2.05) is 6.92 Å².